The van der Waals surface area contributed by atoms with Gasteiger partial charge in [0.2, 0.25) is 5.91 Å². The largest absolute Gasteiger partial charge is 0.413 e. The highest BCUT2D eigenvalue weighted by Crippen LogP contribution is 2.56. The Morgan fingerprint density at radius 1 is 1.04 bits per heavy atom. The molecule has 0 radical (unpaired) electrons. The van der Waals surface area contributed by atoms with Crippen molar-refractivity contribution in [2.75, 3.05) is 6.54 Å². The number of hydrogen-bond donors (Lipinski definition) is 0. The summed E-state index contributed by atoms with van der Waals surface area (Å²) in [5.74, 6) is 0.768. The maximum absolute atomic E-state index is 12.3. The molecule has 2 saturated carbocycles. The molecule has 7 heteroatoms. The number of hydroxylamine groups is 2. The molecule has 0 bridgehead atoms. The zero-order valence-corrected chi connectivity index (χ0v) is 34.4. The van der Waals surface area contributed by atoms with Crippen LogP contribution in [0.1, 0.15) is 115 Å². The first kappa shape index (κ1) is 39.2. The van der Waals surface area contributed by atoms with E-state index in [2.05, 4.69) is 120 Å². The minimum absolute atomic E-state index is 0.0153. The molecule has 3 aliphatic carbocycles. The second-order valence-corrected chi connectivity index (χ2v) is 27.7. The number of nitrogens with zero attached hydrogens (tertiary/aromatic N) is 1. The lowest BCUT2D eigenvalue weighted by Gasteiger charge is -2.45. The molecule has 0 aromatic carbocycles. The lowest BCUT2D eigenvalue weighted by molar-refractivity contribution is -0.200. The van der Waals surface area contributed by atoms with E-state index in [1.165, 1.54) is 16.7 Å². The molecular formula is C39H69NO4Si2. The van der Waals surface area contributed by atoms with Crippen LogP contribution in [0.3, 0.4) is 0 Å². The van der Waals surface area contributed by atoms with Gasteiger partial charge in [-0.25, -0.2) is 5.06 Å². The smallest absolute Gasteiger partial charge is 0.243 e. The summed E-state index contributed by atoms with van der Waals surface area (Å²) in [4.78, 5) is 18.7. The molecule has 2 fully saturated rings. The van der Waals surface area contributed by atoms with Crippen molar-refractivity contribution < 1.29 is 18.5 Å². The Hall–Kier alpha value is -1.26. The van der Waals surface area contributed by atoms with Gasteiger partial charge in [-0.15, -0.1) is 0 Å². The van der Waals surface area contributed by atoms with Crippen molar-refractivity contribution >= 4 is 22.5 Å². The van der Waals surface area contributed by atoms with Gasteiger partial charge in [-0.1, -0.05) is 92.7 Å². The van der Waals surface area contributed by atoms with Crippen molar-refractivity contribution in [2.45, 2.75) is 169 Å². The average molecular weight is 672 g/mol. The van der Waals surface area contributed by atoms with Crippen LogP contribution in [0, 0.1) is 17.3 Å². The van der Waals surface area contributed by atoms with E-state index in [1.807, 2.05) is 0 Å². The molecule has 0 N–H and O–H groups in total. The Kier molecular flexibility index (Phi) is 12.2. The number of carbonyl (C=O) groups excluding carboxylic acids is 1. The van der Waals surface area contributed by atoms with Gasteiger partial charge in [0.05, 0.1) is 18.8 Å². The van der Waals surface area contributed by atoms with Crippen LogP contribution >= 0.6 is 0 Å². The number of amides is 1. The second-order valence-electron chi connectivity index (χ2n) is 18.2. The number of hydrogen-bond acceptors (Lipinski definition) is 4. The van der Waals surface area contributed by atoms with Gasteiger partial charge < -0.3 is 8.85 Å². The van der Waals surface area contributed by atoms with Crippen molar-refractivity contribution in [1.82, 2.24) is 5.06 Å². The van der Waals surface area contributed by atoms with Gasteiger partial charge in [0.1, 0.15) is 6.10 Å². The molecule has 0 aliphatic heterocycles. The predicted molar refractivity (Wildman–Crippen MR) is 200 cm³/mol. The SMILES string of the molecule is C=C1C(=CC=C2CCC[C@]3(C)C([C@H](C)ON(CC(C)C)C(C)=O)=CCC23)C[C@@H](O[Si](C)(C)C(C)(C)C)C[C@@H]1O[Si](C)(C)C(C)(C)C. The maximum atomic E-state index is 12.3. The summed E-state index contributed by atoms with van der Waals surface area (Å²) < 4.78 is 14.1. The van der Waals surface area contributed by atoms with Gasteiger partial charge in [0.15, 0.2) is 16.6 Å². The van der Waals surface area contributed by atoms with Gasteiger partial charge in [0.25, 0.3) is 0 Å². The van der Waals surface area contributed by atoms with Crippen molar-refractivity contribution in [3.63, 3.8) is 0 Å². The van der Waals surface area contributed by atoms with Gasteiger partial charge in [0, 0.05) is 13.3 Å². The highest BCUT2D eigenvalue weighted by atomic mass is 28.4. The fraction of sp³-hybridized carbons (Fsp3) is 0.769. The minimum Gasteiger partial charge on any atom is -0.413 e. The standard InChI is InChI=1S/C39H69NO4Si2/c1-27(2)26-40(30(5)41)42-29(4)34-21-22-35-31(18-17-23-39(34,35)12)19-20-32-24-33(43-45(13,14)37(6,7)8)25-36(28(32)3)44-46(15,16)38(9,10)11/h19-21,27,29,33,35-36H,3,17-18,22-26H2,1-2,4-16H3/t29-,33+,35?,36-,39+/m0/s1. The molecule has 0 heterocycles. The topological polar surface area (TPSA) is 48.0 Å². The first-order valence-corrected chi connectivity index (χ1v) is 23.8. The first-order chi connectivity index (χ1) is 20.9. The van der Waals surface area contributed by atoms with Crippen LogP contribution < -0.4 is 0 Å². The van der Waals surface area contributed by atoms with E-state index in [9.17, 15) is 4.79 Å². The lowest BCUT2D eigenvalue weighted by atomic mass is 9.63. The zero-order chi connectivity index (χ0) is 35.0. The predicted octanol–water partition coefficient (Wildman–Crippen LogP) is 10.9. The minimum atomic E-state index is -2.01. The second kappa shape index (κ2) is 14.3. The van der Waals surface area contributed by atoms with Crippen molar-refractivity contribution in [3.05, 3.63) is 47.1 Å². The first-order valence-electron chi connectivity index (χ1n) is 18.0. The molecule has 0 saturated heterocycles. The summed E-state index contributed by atoms with van der Waals surface area (Å²) in [5, 5.41) is 1.85. The van der Waals surface area contributed by atoms with Crippen LogP contribution in [0.5, 0.6) is 0 Å². The molecule has 5 nitrogen and oxygen atoms in total. The zero-order valence-electron chi connectivity index (χ0n) is 32.4. The van der Waals surface area contributed by atoms with E-state index in [-0.39, 0.29) is 39.7 Å². The Labute approximate surface area is 285 Å². The third kappa shape index (κ3) is 8.85. The summed E-state index contributed by atoms with van der Waals surface area (Å²) in [7, 11) is -3.97. The number of allylic oxidation sites excluding steroid dienone is 4. The highest BCUT2D eigenvalue weighted by Gasteiger charge is 2.48. The number of fused-ring (bicyclic) bond motifs is 1. The number of rotatable bonds is 10. The monoisotopic (exact) mass is 671 g/mol. The Morgan fingerprint density at radius 2 is 1.63 bits per heavy atom. The normalized spacial score (nSPS) is 28.9. The fourth-order valence-corrected chi connectivity index (χ4v) is 9.74. The highest BCUT2D eigenvalue weighted by molar-refractivity contribution is 6.74. The third-order valence-corrected chi connectivity index (χ3v) is 21.0. The van der Waals surface area contributed by atoms with Crippen molar-refractivity contribution in [2.24, 2.45) is 17.3 Å². The van der Waals surface area contributed by atoms with Gasteiger partial charge in [-0.2, -0.15) is 0 Å². The summed E-state index contributed by atoms with van der Waals surface area (Å²) in [6, 6.07) is 0. The molecule has 1 amide bonds. The van der Waals surface area contributed by atoms with Crippen LogP contribution in [0.15, 0.2) is 47.1 Å². The fourth-order valence-electron chi connectivity index (χ4n) is 7.07. The molecule has 0 spiro atoms. The summed E-state index contributed by atoms with van der Waals surface area (Å²) in [6.45, 7) is 39.0. The molecule has 0 aromatic rings. The summed E-state index contributed by atoms with van der Waals surface area (Å²) >= 11 is 0. The van der Waals surface area contributed by atoms with Crippen LogP contribution in [-0.2, 0) is 18.5 Å². The van der Waals surface area contributed by atoms with E-state index < -0.39 is 16.6 Å². The van der Waals surface area contributed by atoms with E-state index in [4.69, 9.17) is 13.7 Å². The molecule has 3 rings (SSSR count). The van der Waals surface area contributed by atoms with Crippen LogP contribution in [0.2, 0.25) is 36.3 Å². The Balaban J connectivity index is 1.90. The Bertz CT molecular complexity index is 1220. The molecule has 5 atom stereocenters. The molecular weight excluding hydrogens is 603 g/mol. The van der Waals surface area contributed by atoms with Crippen LogP contribution in [-0.4, -0.2) is 52.5 Å². The van der Waals surface area contributed by atoms with E-state index in [0.717, 1.165) is 44.1 Å². The van der Waals surface area contributed by atoms with E-state index >= 15 is 0 Å². The molecule has 46 heavy (non-hydrogen) atoms. The van der Waals surface area contributed by atoms with Crippen molar-refractivity contribution in [3.8, 4) is 0 Å². The van der Waals surface area contributed by atoms with Gasteiger partial charge in [-0.05, 0) is 109 Å². The van der Waals surface area contributed by atoms with E-state index in [0.29, 0.717) is 18.4 Å². The van der Waals surface area contributed by atoms with Gasteiger partial charge >= 0.3 is 0 Å². The molecule has 0 aromatic heterocycles. The average Bonchev–Trinajstić information content (AvgIpc) is 3.24. The number of carbonyl (C=O) groups is 1. The molecule has 262 valence electrons. The van der Waals surface area contributed by atoms with Crippen molar-refractivity contribution in [1.29, 1.82) is 0 Å². The molecule has 3 aliphatic rings. The van der Waals surface area contributed by atoms with Crippen LogP contribution in [0.4, 0.5) is 0 Å². The molecule has 1 unspecified atom stereocenters. The summed E-state index contributed by atoms with van der Waals surface area (Å²) in [6.07, 6.45) is 13.4. The summed E-state index contributed by atoms with van der Waals surface area (Å²) in [5.41, 5.74) is 5.32. The lowest BCUT2D eigenvalue weighted by Crippen LogP contribution is -2.49. The third-order valence-electron chi connectivity index (χ3n) is 12.0. The van der Waals surface area contributed by atoms with E-state index in [1.54, 1.807) is 12.0 Å². The van der Waals surface area contributed by atoms with Crippen LogP contribution in [0.25, 0.3) is 0 Å². The van der Waals surface area contributed by atoms with Gasteiger partial charge in [-0.3, -0.25) is 9.63 Å². The quantitative estimate of drug-likeness (QED) is 0.132. The Morgan fingerprint density at radius 3 is 2.17 bits per heavy atom. The maximum Gasteiger partial charge on any atom is 0.243 e.